The Labute approximate surface area is 98.1 Å². The van der Waals surface area contributed by atoms with Gasteiger partial charge in [0.2, 0.25) is 5.91 Å². The summed E-state index contributed by atoms with van der Waals surface area (Å²) in [4.78, 5) is 14.0. The third kappa shape index (κ3) is 3.46. The Kier molecular flexibility index (Phi) is 5.22. The van der Waals surface area contributed by atoms with E-state index in [2.05, 4.69) is 13.8 Å². The van der Waals surface area contributed by atoms with Crippen molar-refractivity contribution in [3.8, 4) is 0 Å². The summed E-state index contributed by atoms with van der Waals surface area (Å²) in [6.45, 7) is 5.43. The van der Waals surface area contributed by atoms with Crippen LogP contribution in [0.4, 0.5) is 0 Å². The van der Waals surface area contributed by atoms with Crippen LogP contribution in [0.2, 0.25) is 0 Å². The number of likely N-dealkylation sites (tertiary alicyclic amines) is 1. The molecule has 1 fully saturated rings. The first-order valence-corrected chi connectivity index (χ1v) is 6.11. The van der Waals surface area contributed by atoms with Crippen LogP contribution in [0.3, 0.4) is 0 Å². The molecule has 1 aliphatic rings. The summed E-state index contributed by atoms with van der Waals surface area (Å²) in [5.41, 5.74) is 5.80. The Morgan fingerprint density at radius 3 is 2.81 bits per heavy atom. The molecule has 1 aliphatic heterocycles. The molecule has 1 saturated heterocycles. The van der Waals surface area contributed by atoms with E-state index in [-0.39, 0.29) is 5.91 Å². The van der Waals surface area contributed by atoms with Crippen LogP contribution in [0.15, 0.2) is 0 Å². The van der Waals surface area contributed by atoms with E-state index in [4.69, 9.17) is 10.5 Å². The minimum absolute atomic E-state index is 0.0306. The lowest BCUT2D eigenvalue weighted by Gasteiger charge is -2.30. The molecule has 0 radical (unpaired) electrons. The Balaban J connectivity index is 2.63. The molecule has 0 saturated carbocycles. The molecule has 4 nitrogen and oxygen atoms in total. The maximum atomic E-state index is 12.1. The first-order chi connectivity index (χ1) is 7.56. The molecule has 0 bridgehead atoms. The van der Waals surface area contributed by atoms with Gasteiger partial charge in [-0.3, -0.25) is 4.79 Å². The highest BCUT2D eigenvalue weighted by Gasteiger charge is 2.28. The maximum absolute atomic E-state index is 12.1. The fourth-order valence-corrected chi connectivity index (χ4v) is 2.30. The predicted molar refractivity (Wildman–Crippen MR) is 64.0 cm³/mol. The second kappa shape index (κ2) is 6.21. The van der Waals surface area contributed by atoms with E-state index < -0.39 is 6.04 Å². The third-order valence-electron chi connectivity index (χ3n) is 3.31. The number of nitrogens with two attached hydrogens (primary N) is 1. The van der Waals surface area contributed by atoms with Gasteiger partial charge in [-0.2, -0.15) is 0 Å². The van der Waals surface area contributed by atoms with Gasteiger partial charge < -0.3 is 15.4 Å². The minimum Gasteiger partial charge on any atom is -0.383 e. The van der Waals surface area contributed by atoms with Crippen molar-refractivity contribution in [1.29, 1.82) is 0 Å². The van der Waals surface area contributed by atoms with E-state index in [0.29, 0.717) is 18.6 Å². The van der Waals surface area contributed by atoms with Gasteiger partial charge in [-0.05, 0) is 25.7 Å². The highest BCUT2D eigenvalue weighted by molar-refractivity contribution is 5.82. The van der Waals surface area contributed by atoms with E-state index in [0.717, 1.165) is 13.0 Å². The van der Waals surface area contributed by atoms with Crippen LogP contribution < -0.4 is 5.73 Å². The molecule has 0 aromatic heterocycles. The topological polar surface area (TPSA) is 55.6 Å². The summed E-state index contributed by atoms with van der Waals surface area (Å²) < 4.78 is 4.94. The van der Waals surface area contributed by atoms with Gasteiger partial charge in [-0.15, -0.1) is 0 Å². The smallest absolute Gasteiger partial charge is 0.242 e. The number of ether oxygens (including phenoxy) is 1. The molecular formula is C12H24N2O2. The molecule has 0 aromatic rings. The van der Waals surface area contributed by atoms with E-state index in [1.165, 1.54) is 12.8 Å². The van der Waals surface area contributed by atoms with Crippen molar-refractivity contribution in [2.45, 2.75) is 45.2 Å². The van der Waals surface area contributed by atoms with Crippen LogP contribution in [-0.4, -0.2) is 43.2 Å². The average Bonchev–Trinajstić information content (AvgIpc) is 2.40. The van der Waals surface area contributed by atoms with Gasteiger partial charge in [-0.25, -0.2) is 0 Å². The first-order valence-electron chi connectivity index (χ1n) is 6.11. The monoisotopic (exact) mass is 228 g/mol. The molecule has 1 amide bonds. The fourth-order valence-electron chi connectivity index (χ4n) is 2.30. The quantitative estimate of drug-likeness (QED) is 0.784. The lowest BCUT2D eigenvalue weighted by atomic mass is 10.1. The number of carbonyl (C=O) groups excluding carboxylic acids is 1. The highest BCUT2D eigenvalue weighted by Crippen LogP contribution is 2.21. The molecule has 16 heavy (non-hydrogen) atoms. The van der Waals surface area contributed by atoms with E-state index in [1.54, 1.807) is 7.11 Å². The number of hydrogen-bond acceptors (Lipinski definition) is 3. The second-order valence-corrected chi connectivity index (χ2v) is 4.94. The van der Waals surface area contributed by atoms with Crippen molar-refractivity contribution in [3.05, 3.63) is 0 Å². The van der Waals surface area contributed by atoms with Crippen LogP contribution in [0.1, 0.15) is 33.1 Å². The number of amides is 1. The van der Waals surface area contributed by atoms with Gasteiger partial charge in [0, 0.05) is 19.7 Å². The van der Waals surface area contributed by atoms with Crippen LogP contribution in [0, 0.1) is 5.92 Å². The van der Waals surface area contributed by atoms with Crippen LogP contribution in [-0.2, 0) is 9.53 Å². The lowest BCUT2D eigenvalue weighted by Crippen LogP contribution is -2.50. The number of nitrogens with zero attached hydrogens (tertiary/aromatic N) is 1. The lowest BCUT2D eigenvalue weighted by molar-refractivity contribution is -0.136. The van der Waals surface area contributed by atoms with Gasteiger partial charge in [-0.1, -0.05) is 13.3 Å². The molecule has 0 aromatic carbocycles. The summed E-state index contributed by atoms with van der Waals surface area (Å²) in [5, 5.41) is 0. The zero-order valence-electron chi connectivity index (χ0n) is 10.6. The van der Waals surface area contributed by atoms with Crippen molar-refractivity contribution < 1.29 is 9.53 Å². The molecule has 1 heterocycles. The molecular weight excluding hydrogens is 204 g/mol. The van der Waals surface area contributed by atoms with E-state index >= 15 is 0 Å². The van der Waals surface area contributed by atoms with Gasteiger partial charge in [0.1, 0.15) is 6.04 Å². The fraction of sp³-hybridized carbons (Fsp3) is 0.917. The summed E-state index contributed by atoms with van der Waals surface area (Å²) in [6, 6.07) is -0.210. The van der Waals surface area contributed by atoms with Crippen LogP contribution >= 0.6 is 0 Å². The van der Waals surface area contributed by atoms with Gasteiger partial charge in [0.15, 0.2) is 0 Å². The van der Waals surface area contributed by atoms with Crippen molar-refractivity contribution in [2.24, 2.45) is 11.7 Å². The number of carbonyl (C=O) groups is 1. The standard InChI is InChI=1S/C12H24N2O2/c1-9-5-4-6-10(2)14(7-9)12(15)11(13)8-16-3/h9-11H,4-8,13H2,1-3H3. The Morgan fingerprint density at radius 1 is 1.50 bits per heavy atom. The van der Waals surface area contributed by atoms with Gasteiger partial charge >= 0.3 is 0 Å². The van der Waals surface area contributed by atoms with Crippen LogP contribution in [0.25, 0.3) is 0 Å². The molecule has 2 N–H and O–H groups in total. The van der Waals surface area contributed by atoms with Gasteiger partial charge in [0.05, 0.1) is 6.61 Å². The maximum Gasteiger partial charge on any atom is 0.242 e. The number of rotatable bonds is 3. The van der Waals surface area contributed by atoms with Crippen molar-refractivity contribution in [1.82, 2.24) is 4.90 Å². The zero-order chi connectivity index (χ0) is 12.1. The second-order valence-electron chi connectivity index (χ2n) is 4.94. The summed E-state index contributed by atoms with van der Waals surface area (Å²) in [7, 11) is 1.57. The van der Waals surface area contributed by atoms with E-state index in [9.17, 15) is 4.79 Å². The van der Waals surface area contributed by atoms with Gasteiger partial charge in [0.25, 0.3) is 0 Å². The molecule has 0 spiro atoms. The molecule has 0 aliphatic carbocycles. The molecule has 1 rings (SSSR count). The first kappa shape index (κ1) is 13.5. The summed E-state index contributed by atoms with van der Waals surface area (Å²) in [6.07, 6.45) is 3.48. The van der Waals surface area contributed by atoms with Crippen molar-refractivity contribution in [3.63, 3.8) is 0 Å². The molecule has 4 heteroatoms. The zero-order valence-corrected chi connectivity index (χ0v) is 10.6. The molecule has 3 unspecified atom stereocenters. The Bertz CT molecular complexity index is 233. The SMILES string of the molecule is COCC(N)C(=O)N1CC(C)CCCC1C. The van der Waals surface area contributed by atoms with Crippen LogP contribution in [0.5, 0.6) is 0 Å². The number of methoxy groups -OCH3 is 1. The van der Waals surface area contributed by atoms with Crippen molar-refractivity contribution >= 4 is 5.91 Å². The number of hydrogen-bond donors (Lipinski definition) is 1. The minimum atomic E-state index is -0.516. The normalized spacial score (nSPS) is 28.6. The highest BCUT2D eigenvalue weighted by atomic mass is 16.5. The summed E-state index contributed by atoms with van der Waals surface area (Å²) in [5.74, 6) is 0.603. The average molecular weight is 228 g/mol. The van der Waals surface area contributed by atoms with E-state index in [1.807, 2.05) is 4.90 Å². The third-order valence-corrected chi connectivity index (χ3v) is 3.31. The van der Waals surface area contributed by atoms with Crippen molar-refractivity contribution in [2.75, 3.05) is 20.3 Å². The predicted octanol–water partition coefficient (Wildman–Crippen LogP) is 0.997. The Hall–Kier alpha value is -0.610. The largest absolute Gasteiger partial charge is 0.383 e. The molecule has 94 valence electrons. The molecule has 3 atom stereocenters. The Morgan fingerprint density at radius 2 is 2.19 bits per heavy atom. The summed E-state index contributed by atoms with van der Waals surface area (Å²) >= 11 is 0.